The first-order chi connectivity index (χ1) is 4.17. The Labute approximate surface area is 57.5 Å². The van der Waals surface area contributed by atoms with Gasteiger partial charge in [0, 0.05) is 6.29 Å². The van der Waals surface area contributed by atoms with E-state index < -0.39 is 0 Å². The Balaban J connectivity index is 2.52. The van der Waals surface area contributed by atoms with Crippen LogP contribution in [-0.4, -0.2) is 23.9 Å². The van der Waals surface area contributed by atoms with Crippen molar-refractivity contribution in [3.8, 4) is 0 Å². The molecule has 0 radical (unpaired) electrons. The van der Waals surface area contributed by atoms with Gasteiger partial charge in [-0.2, -0.15) is 4.83 Å². The molecule has 0 aliphatic carbocycles. The van der Waals surface area contributed by atoms with E-state index in [1.54, 1.807) is 7.11 Å². The molecule has 0 bridgehead atoms. The molecule has 3 nitrogen and oxygen atoms in total. The third-order valence-corrected chi connectivity index (χ3v) is 2.80. The van der Waals surface area contributed by atoms with Crippen molar-refractivity contribution in [2.45, 2.75) is 19.5 Å². The fourth-order valence-corrected chi connectivity index (χ4v) is 2.15. The molecule has 0 amide bonds. The molecule has 0 saturated carbocycles. The summed E-state index contributed by atoms with van der Waals surface area (Å²) in [5.41, 5.74) is 0.0349. The molecule has 1 aliphatic heterocycles. The predicted molar refractivity (Wildman–Crippen MR) is 39.2 cm³/mol. The lowest BCUT2D eigenvalue weighted by Crippen LogP contribution is -2.43. The van der Waals surface area contributed by atoms with Gasteiger partial charge >= 0.3 is 0 Å². The van der Waals surface area contributed by atoms with Crippen molar-refractivity contribution in [2.75, 3.05) is 13.4 Å². The molecule has 1 fully saturated rings. The summed E-state index contributed by atoms with van der Waals surface area (Å²) in [7, 11) is 2.46. The van der Waals surface area contributed by atoms with Crippen LogP contribution in [0.4, 0.5) is 0 Å². The van der Waals surface area contributed by atoms with Crippen molar-refractivity contribution in [3.63, 3.8) is 0 Å². The van der Waals surface area contributed by atoms with Crippen LogP contribution in [0.3, 0.4) is 0 Å². The number of hydroxylamine groups is 1. The van der Waals surface area contributed by atoms with E-state index in [-0.39, 0.29) is 5.66 Å². The van der Waals surface area contributed by atoms with Gasteiger partial charge in [-0.25, -0.2) is 0 Å². The molecular formula is C5H13N2OP. The summed E-state index contributed by atoms with van der Waals surface area (Å²) in [5, 5.41) is 3.31. The number of nitrogens with one attached hydrogen (secondary N) is 1. The van der Waals surface area contributed by atoms with Gasteiger partial charge in [-0.3, -0.25) is 10.2 Å². The van der Waals surface area contributed by atoms with Crippen LogP contribution in [0.2, 0.25) is 0 Å². The molecule has 9 heavy (non-hydrogen) atoms. The van der Waals surface area contributed by atoms with Crippen molar-refractivity contribution in [1.82, 2.24) is 10.2 Å². The summed E-state index contributed by atoms with van der Waals surface area (Å²) in [6.45, 7) is 4.22. The van der Waals surface area contributed by atoms with Crippen LogP contribution < -0.4 is 5.32 Å². The van der Waals surface area contributed by atoms with Crippen molar-refractivity contribution < 1.29 is 4.84 Å². The van der Waals surface area contributed by atoms with Gasteiger partial charge in [-0.1, -0.05) is 0 Å². The Morgan fingerprint density at radius 1 is 1.67 bits per heavy atom. The molecule has 0 aromatic carbocycles. The highest BCUT2D eigenvalue weighted by atomic mass is 31.1. The molecule has 4 heteroatoms. The minimum absolute atomic E-state index is 0.0349. The number of nitrogens with zero attached hydrogens (tertiary/aromatic N) is 1. The van der Waals surface area contributed by atoms with Crippen LogP contribution in [0.5, 0.6) is 0 Å². The van der Waals surface area contributed by atoms with Gasteiger partial charge in [-0.15, -0.1) is 0 Å². The van der Waals surface area contributed by atoms with Crippen LogP contribution in [0.15, 0.2) is 0 Å². The average molecular weight is 148 g/mol. The zero-order valence-corrected chi connectivity index (χ0v) is 7.06. The molecule has 1 atom stereocenters. The summed E-state index contributed by atoms with van der Waals surface area (Å²) in [6.07, 6.45) is 1.04. The Morgan fingerprint density at radius 3 is 2.56 bits per heavy atom. The molecule has 0 aromatic heterocycles. The molecule has 1 aliphatic rings. The van der Waals surface area contributed by atoms with Crippen LogP contribution in [0.1, 0.15) is 13.8 Å². The van der Waals surface area contributed by atoms with Crippen LogP contribution in [-0.2, 0) is 4.84 Å². The first-order valence-electron chi connectivity index (χ1n) is 3.00. The van der Waals surface area contributed by atoms with Gasteiger partial charge in [0.05, 0.1) is 12.8 Å². The van der Waals surface area contributed by atoms with Crippen molar-refractivity contribution in [1.29, 1.82) is 0 Å². The lowest BCUT2D eigenvalue weighted by Gasteiger charge is -2.27. The SMILES string of the molecule is CON1PCNC1(C)C. The van der Waals surface area contributed by atoms with E-state index in [0.29, 0.717) is 0 Å². The van der Waals surface area contributed by atoms with Gasteiger partial charge in [0.15, 0.2) is 0 Å². The summed E-state index contributed by atoms with van der Waals surface area (Å²) in [6, 6.07) is 0. The number of hydrogen-bond donors (Lipinski definition) is 1. The van der Waals surface area contributed by atoms with E-state index in [4.69, 9.17) is 4.84 Å². The zero-order chi connectivity index (χ0) is 6.91. The standard InChI is InChI=1S/C5H13N2OP/c1-5(2)6-4-9-7(5)8-3/h6,9H,4H2,1-3H3. The van der Waals surface area contributed by atoms with Crippen molar-refractivity contribution >= 4 is 8.73 Å². The molecule has 54 valence electrons. The maximum Gasteiger partial charge on any atom is 0.0937 e. The molecule has 1 saturated heterocycles. The average Bonchev–Trinajstić information content (AvgIpc) is 2.08. The molecule has 1 rings (SSSR count). The van der Waals surface area contributed by atoms with E-state index in [0.717, 1.165) is 15.0 Å². The minimum Gasteiger partial charge on any atom is -0.297 e. The van der Waals surface area contributed by atoms with Gasteiger partial charge in [0.1, 0.15) is 0 Å². The Kier molecular flexibility index (Phi) is 2.07. The second kappa shape index (κ2) is 2.51. The van der Waals surface area contributed by atoms with E-state index >= 15 is 0 Å². The first-order valence-corrected chi connectivity index (χ1v) is 4.15. The second-order valence-corrected chi connectivity index (χ2v) is 3.62. The first kappa shape index (κ1) is 7.42. The maximum atomic E-state index is 5.11. The van der Waals surface area contributed by atoms with E-state index in [1.165, 1.54) is 0 Å². The minimum atomic E-state index is 0.0349. The number of rotatable bonds is 1. The zero-order valence-electron chi connectivity index (χ0n) is 6.06. The predicted octanol–water partition coefficient (Wildman–Crippen LogP) is 0.740. The van der Waals surface area contributed by atoms with Gasteiger partial charge in [0.2, 0.25) is 0 Å². The van der Waals surface area contributed by atoms with Crippen LogP contribution in [0, 0.1) is 0 Å². The summed E-state index contributed by atoms with van der Waals surface area (Å²) < 4.78 is 0. The van der Waals surface area contributed by atoms with E-state index in [1.807, 2.05) is 4.83 Å². The molecule has 0 aromatic rings. The summed E-state index contributed by atoms with van der Waals surface area (Å²) in [5.74, 6) is 0. The maximum absolute atomic E-state index is 5.11. The Bertz CT molecular complexity index is 107. The summed E-state index contributed by atoms with van der Waals surface area (Å²) >= 11 is 0. The number of hydrogen-bond acceptors (Lipinski definition) is 3. The molecule has 1 unspecified atom stereocenters. The molecule has 0 spiro atoms. The highest BCUT2D eigenvalue weighted by Crippen LogP contribution is 2.32. The molecule has 1 N–H and O–H groups in total. The smallest absolute Gasteiger partial charge is 0.0937 e. The third-order valence-electron chi connectivity index (χ3n) is 1.43. The van der Waals surface area contributed by atoms with Crippen LogP contribution in [0.25, 0.3) is 0 Å². The van der Waals surface area contributed by atoms with E-state index in [2.05, 4.69) is 19.2 Å². The fraction of sp³-hybridized carbons (Fsp3) is 1.00. The highest BCUT2D eigenvalue weighted by Gasteiger charge is 2.31. The van der Waals surface area contributed by atoms with Gasteiger partial charge < -0.3 is 0 Å². The lowest BCUT2D eigenvalue weighted by atomic mass is 10.3. The lowest BCUT2D eigenvalue weighted by molar-refractivity contribution is -0.107. The van der Waals surface area contributed by atoms with Gasteiger partial charge in [0.25, 0.3) is 0 Å². The topological polar surface area (TPSA) is 24.5 Å². The highest BCUT2D eigenvalue weighted by molar-refractivity contribution is 7.35. The quantitative estimate of drug-likeness (QED) is 0.555. The summed E-state index contributed by atoms with van der Waals surface area (Å²) in [4.78, 5) is 7.07. The molecule has 1 heterocycles. The van der Waals surface area contributed by atoms with Crippen LogP contribution >= 0.6 is 8.73 Å². The Morgan fingerprint density at radius 2 is 2.33 bits per heavy atom. The van der Waals surface area contributed by atoms with Crippen molar-refractivity contribution in [3.05, 3.63) is 0 Å². The fourth-order valence-electron chi connectivity index (χ4n) is 0.890. The third kappa shape index (κ3) is 1.41. The monoisotopic (exact) mass is 148 g/mol. The Hall–Kier alpha value is 0.310. The van der Waals surface area contributed by atoms with Gasteiger partial charge in [-0.05, 0) is 22.6 Å². The van der Waals surface area contributed by atoms with E-state index in [9.17, 15) is 0 Å². The normalized spacial score (nSPS) is 29.7. The molecular weight excluding hydrogens is 135 g/mol. The largest absolute Gasteiger partial charge is 0.297 e. The van der Waals surface area contributed by atoms with Crippen molar-refractivity contribution in [2.24, 2.45) is 0 Å². The second-order valence-electron chi connectivity index (χ2n) is 2.55.